The summed E-state index contributed by atoms with van der Waals surface area (Å²) in [4.78, 5) is 11.5. The highest BCUT2D eigenvalue weighted by Gasteiger charge is 2.21. The van der Waals surface area contributed by atoms with Crippen molar-refractivity contribution >= 4 is 17.6 Å². The van der Waals surface area contributed by atoms with Crippen LogP contribution in [0.25, 0.3) is 0 Å². The Kier molecular flexibility index (Phi) is 5.09. The summed E-state index contributed by atoms with van der Waals surface area (Å²) in [5.74, 6) is -0.414. The van der Waals surface area contributed by atoms with Crippen LogP contribution in [0.2, 0.25) is 5.02 Å². The van der Waals surface area contributed by atoms with E-state index in [-0.39, 0.29) is 6.42 Å². The highest BCUT2D eigenvalue weighted by Crippen LogP contribution is 2.21. The number of halogens is 1. The summed E-state index contributed by atoms with van der Waals surface area (Å²) < 4.78 is 5.69. The predicted octanol–water partition coefficient (Wildman–Crippen LogP) is 4.34. The van der Waals surface area contributed by atoms with Crippen molar-refractivity contribution in [1.29, 1.82) is 0 Å². The Labute approximate surface area is 135 Å². The first-order valence-electron chi connectivity index (χ1n) is 7.08. The molecule has 0 aliphatic rings. The van der Waals surface area contributed by atoms with Gasteiger partial charge in [0.25, 0.3) is 0 Å². The molecule has 0 aromatic heterocycles. The first-order chi connectivity index (χ1) is 10.3. The van der Waals surface area contributed by atoms with E-state index in [2.05, 4.69) is 0 Å². The summed E-state index contributed by atoms with van der Waals surface area (Å²) in [5.41, 5.74) is 3.96. The van der Waals surface area contributed by atoms with Crippen LogP contribution in [0.5, 0.6) is 5.75 Å². The lowest BCUT2D eigenvalue weighted by Gasteiger charge is -2.17. The van der Waals surface area contributed by atoms with Gasteiger partial charge in [0.1, 0.15) is 5.75 Å². The van der Waals surface area contributed by atoms with E-state index in [1.807, 2.05) is 45.0 Å². The topological polar surface area (TPSA) is 46.5 Å². The molecule has 3 nitrogen and oxygen atoms in total. The SMILES string of the molecule is Cc1cc(C)cc(O[C@@H](Cc2cc(Cl)ccc2C)C(=O)O)c1. The Bertz CT molecular complexity index is 674. The minimum atomic E-state index is -0.987. The molecule has 0 amide bonds. The minimum Gasteiger partial charge on any atom is -0.478 e. The zero-order chi connectivity index (χ0) is 16.3. The molecule has 0 fully saturated rings. The fourth-order valence-electron chi connectivity index (χ4n) is 2.40. The number of carboxylic acids is 1. The smallest absolute Gasteiger partial charge is 0.345 e. The maximum absolute atomic E-state index is 11.5. The van der Waals surface area contributed by atoms with Crippen molar-refractivity contribution in [3.05, 3.63) is 63.7 Å². The number of ether oxygens (including phenoxy) is 1. The number of rotatable bonds is 5. The molecular formula is C18H19ClO3. The van der Waals surface area contributed by atoms with Crippen molar-refractivity contribution in [1.82, 2.24) is 0 Å². The number of aliphatic carboxylic acids is 1. The zero-order valence-corrected chi connectivity index (χ0v) is 13.6. The molecule has 2 aromatic carbocycles. The molecule has 0 saturated carbocycles. The number of hydrogen-bond acceptors (Lipinski definition) is 2. The van der Waals surface area contributed by atoms with Crippen molar-refractivity contribution in [3.63, 3.8) is 0 Å². The van der Waals surface area contributed by atoms with Crippen molar-refractivity contribution in [2.45, 2.75) is 33.3 Å². The van der Waals surface area contributed by atoms with Crippen LogP contribution in [-0.4, -0.2) is 17.2 Å². The van der Waals surface area contributed by atoms with Gasteiger partial charge in [-0.1, -0.05) is 23.7 Å². The third-order valence-corrected chi connectivity index (χ3v) is 3.70. The van der Waals surface area contributed by atoms with Crippen LogP contribution in [0.3, 0.4) is 0 Å². The van der Waals surface area contributed by atoms with Crippen LogP contribution in [0.1, 0.15) is 22.3 Å². The molecule has 2 aromatic rings. The van der Waals surface area contributed by atoms with Gasteiger partial charge in [-0.2, -0.15) is 0 Å². The molecule has 0 heterocycles. The normalized spacial score (nSPS) is 12.0. The molecule has 0 saturated heterocycles. The molecule has 0 radical (unpaired) electrons. The lowest BCUT2D eigenvalue weighted by Crippen LogP contribution is -2.29. The van der Waals surface area contributed by atoms with Gasteiger partial charge in [-0.25, -0.2) is 4.79 Å². The highest BCUT2D eigenvalue weighted by atomic mass is 35.5. The van der Waals surface area contributed by atoms with Crippen LogP contribution in [-0.2, 0) is 11.2 Å². The number of carbonyl (C=O) groups is 1. The van der Waals surface area contributed by atoms with Gasteiger partial charge in [-0.15, -0.1) is 0 Å². The van der Waals surface area contributed by atoms with E-state index in [1.165, 1.54) is 0 Å². The zero-order valence-electron chi connectivity index (χ0n) is 12.9. The van der Waals surface area contributed by atoms with Gasteiger partial charge in [-0.3, -0.25) is 0 Å². The van der Waals surface area contributed by atoms with Crippen LogP contribution < -0.4 is 4.74 Å². The second-order valence-electron chi connectivity index (χ2n) is 5.54. The highest BCUT2D eigenvalue weighted by molar-refractivity contribution is 6.30. The van der Waals surface area contributed by atoms with Gasteiger partial charge in [-0.05, 0) is 67.3 Å². The van der Waals surface area contributed by atoms with Gasteiger partial charge < -0.3 is 9.84 Å². The van der Waals surface area contributed by atoms with E-state index in [0.717, 1.165) is 22.3 Å². The van der Waals surface area contributed by atoms with Gasteiger partial charge in [0, 0.05) is 11.4 Å². The van der Waals surface area contributed by atoms with Crippen LogP contribution in [0.15, 0.2) is 36.4 Å². The van der Waals surface area contributed by atoms with Crippen molar-refractivity contribution in [2.24, 2.45) is 0 Å². The number of aryl methyl sites for hydroxylation is 3. The van der Waals surface area contributed by atoms with Gasteiger partial charge >= 0.3 is 5.97 Å². The van der Waals surface area contributed by atoms with Gasteiger partial charge in [0.05, 0.1) is 0 Å². The van der Waals surface area contributed by atoms with E-state index in [9.17, 15) is 9.90 Å². The fourth-order valence-corrected chi connectivity index (χ4v) is 2.60. The largest absolute Gasteiger partial charge is 0.478 e. The molecule has 0 bridgehead atoms. The number of carboxylic acid groups (broad SMARTS) is 1. The Morgan fingerprint density at radius 1 is 1.14 bits per heavy atom. The summed E-state index contributed by atoms with van der Waals surface area (Å²) in [7, 11) is 0. The van der Waals surface area contributed by atoms with Crippen molar-refractivity contribution in [3.8, 4) is 5.75 Å². The molecule has 0 unspecified atom stereocenters. The standard InChI is InChI=1S/C18H19ClO3/c1-11-6-12(2)8-16(7-11)22-17(18(20)21)10-14-9-15(19)5-4-13(14)3/h4-9,17H,10H2,1-3H3,(H,20,21)/t17-/m0/s1. The lowest BCUT2D eigenvalue weighted by atomic mass is 10.0. The minimum absolute atomic E-state index is 0.273. The Hall–Kier alpha value is -2.00. The Morgan fingerprint density at radius 3 is 2.36 bits per heavy atom. The second-order valence-corrected chi connectivity index (χ2v) is 5.98. The quantitative estimate of drug-likeness (QED) is 0.892. The summed E-state index contributed by atoms with van der Waals surface area (Å²) >= 11 is 5.99. The molecule has 0 aliphatic heterocycles. The first kappa shape index (κ1) is 16.4. The van der Waals surface area contributed by atoms with E-state index >= 15 is 0 Å². The van der Waals surface area contributed by atoms with Crippen molar-refractivity contribution < 1.29 is 14.6 Å². The molecule has 116 valence electrons. The van der Waals surface area contributed by atoms with E-state index in [0.29, 0.717) is 10.8 Å². The average molecular weight is 319 g/mol. The van der Waals surface area contributed by atoms with E-state index in [1.54, 1.807) is 12.1 Å². The molecule has 2 rings (SSSR count). The Balaban J connectivity index is 2.23. The third-order valence-electron chi connectivity index (χ3n) is 3.47. The van der Waals surface area contributed by atoms with Crippen LogP contribution in [0.4, 0.5) is 0 Å². The molecule has 4 heteroatoms. The first-order valence-corrected chi connectivity index (χ1v) is 7.46. The van der Waals surface area contributed by atoms with Crippen LogP contribution >= 0.6 is 11.6 Å². The fraction of sp³-hybridized carbons (Fsp3) is 0.278. The molecule has 22 heavy (non-hydrogen) atoms. The monoisotopic (exact) mass is 318 g/mol. The summed E-state index contributed by atoms with van der Waals surface area (Å²) in [5, 5.41) is 10.0. The van der Waals surface area contributed by atoms with Crippen molar-refractivity contribution in [2.75, 3.05) is 0 Å². The number of benzene rings is 2. The van der Waals surface area contributed by atoms with Crippen LogP contribution in [0, 0.1) is 20.8 Å². The molecule has 0 spiro atoms. The molecule has 0 aliphatic carbocycles. The van der Waals surface area contributed by atoms with E-state index < -0.39 is 12.1 Å². The molecule has 1 N–H and O–H groups in total. The third kappa shape index (κ3) is 4.25. The maximum atomic E-state index is 11.5. The van der Waals surface area contributed by atoms with Gasteiger partial charge in [0.2, 0.25) is 0 Å². The average Bonchev–Trinajstić information content (AvgIpc) is 2.40. The summed E-state index contributed by atoms with van der Waals surface area (Å²) in [6.07, 6.45) is -0.673. The summed E-state index contributed by atoms with van der Waals surface area (Å²) in [6, 6.07) is 11.2. The maximum Gasteiger partial charge on any atom is 0.345 e. The van der Waals surface area contributed by atoms with Gasteiger partial charge in [0.15, 0.2) is 6.10 Å². The predicted molar refractivity (Wildman–Crippen MR) is 87.9 cm³/mol. The summed E-state index contributed by atoms with van der Waals surface area (Å²) in [6.45, 7) is 5.84. The number of hydrogen-bond donors (Lipinski definition) is 1. The Morgan fingerprint density at radius 2 is 1.77 bits per heavy atom. The lowest BCUT2D eigenvalue weighted by molar-refractivity contribution is -0.145. The molecule has 1 atom stereocenters. The second kappa shape index (κ2) is 6.84. The van der Waals surface area contributed by atoms with E-state index in [4.69, 9.17) is 16.3 Å². The molecular weight excluding hydrogens is 300 g/mol.